The Morgan fingerprint density at radius 2 is 1.17 bits per heavy atom. The van der Waals surface area contributed by atoms with E-state index in [0.29, 0.717) is 5.02 Å². The van der Waals surface area contributed by atoms with Gasteiger partial charge in [-0.15, -0.1) is 0 Å². The van der Waals surface area contributed by atoms with E-state index >= 15 is 0 Å². The monoisotopic (exact) mass is 634 g/mol. The van der Waals surface area contributed by atoms with Gasteiger partial charge in [0.15, 0.2) is 0 Å². The zero-order valence-corrected chi connectivity index (χ0v) is 25.9. The van der Waals surface area contributed by atoms with Gasteiger partial charge < -0.3 is 16.2 Å². The minimum atomic E-state index is -1.13. The van der Waals surface area contributed by atoms with Crippen molar-refractivity contribution in [1.82, 2.24) is 15.3 Å². The van der Waals surface area contributed by atoms with Gasteiger partial charge >= 0.3 is 5.97 Å². The van der Waals surface area contributed by atoms with Crippen molar-refractivity contribution in [2.75, 3.05) is 0 Å². The maximum absolute atomic E-state index is 12.2. The van der Waals surface area contributed by atoms with Crippen LogP contribution < -0.4 is 11.1 Å². The van der Waals surface area contributed by atoms with Gasteiger partial charge in [-0.1, -0.05) is 106 Å². The van der Waals surface area contributed by atoms with E-state index in [1.54, 1.807) is 0 Å². The molecular weight excluding hydrogens is 606 g/mol. The zero-order valence-electron chi connectivity index (χ0n) is 22.8. The largest absolute Gasteiger partial charge is 0.478 e. The highest BCUT2D eigenvalue weighted by molar-refractivity contribution is 6.35. The standard InChI is InChI=1S/C15H14Cl2N2O.C9H13N.C6H3Cl2NO2/c1-9-3-5-11(6-4-9)10(2)19-15(20)13-7-12(16)8-18-14(13)17;1-7-3-5-9(6-4-7)8(2)10;7-3-1-4(6(10)11)5(8)9-2-3/h3-8,10H,1-2H3,(H,19,20);3-6,8H,10H2,1-2H3;1-2H,(H,10,11)/t10-;8-;/m00./s1. The number of nitrogens with two attached hydrogens (primary N) is 1. The molecule has 0 fully saturated rings. The molecule has 4 N–H and O–H groups in total. The van der Waals surface area contributed by atoms with E-state index in [-0.39, 0.29) is 44.4 Å². The summed E-state index contributed by atoms with van der Waals surface area (Å²) >= 11 is 22.7. The normalized spacial score (nSPS) is 11.6. The summed E-state index contributed by atoms with van der Waals surface area (Å²) < 4.78 is 0. The number of nitrogens with one attached hydrogen (secondary N) is 1. The molecule has 0 unspecified atom stereocenters. The van der Waals surface area contributed by atoms with Crippen molar-refractivity contribution in [3.8, 4) is 0 Å². The Bertz CT molecular complexity index is 1460. The lowest BCUT2D eigenvalue weighted by atomic mass is 10.1. The van der Waals surface area contributed by atoms with Crippen LogP contribution >= 0.6 is 46.4 Å². The van der Waals surface area contributed by atoms with Gasteiger partial charge in [0.05, 0.1) is 27.2 Å². The summed E-state index contributed by atoms with van der Waals surface area (Å²) in [6.07, 6.45) is 2.69. The summed E-state index contributed by atoms with van der Waals surface area (Å²) in [4.78, 5) is 30.0. The van der Waals surface area contributed by atoms with Crippen molar-refractivity contribution < 1.29 is 14.7 Å². The number of amides is 1. The smallest absolute Gasteiger partial charge is 0.338 e. The van der Waals surface area contributed by atoms with Gasteiger partial charge in [0.1, 0.15) is 10.3 Å². The molecule has 0 radical (unpaired) electrons. The molecule has 0 aliphatic heterocycles. The molecule has 0 aliphatic rings. The summed E-state index contributed by atoms with van der Waals surface area (Å²) in [5.74, 6) is -1.43. The quantitative estimate of drug-likeness (QED) is 0.190. The van der Waals surface area contributed by atoms with Crippen LogP contribution in [0.1, 0.15) is 68.9 Å². The highest BCUT2D eigenvalue weighted by Crippen LogP contribution is 2.20. The second kappa shape index (κ2) is 16.3. The molecule has 2 aromatic carbocycles. The first kappa shape index (κ1) is 34.0. The topological polar surface area (TPSA) is 118 Å². The molecule has 0 saturated carbocycles. The molecule has 11 heteroatoms. The number of carbonyl (C=O) groups excluding carboxylic acids is 1. The molecule has 0 saturated heterocycles. The van der Waals surface area contributed by atoms with Gasteiger partial charge in [-0.2, -0.15) is 0 Å². The first-order valence-electron chi connectivity index (χ1n) is 12.3. The second-order valence-corrected chi connectivity index (χ2v) is 10.7. The number of rotatable bonds is 5. The highest BCUT2D eigenvalue weighted by atomic mass is 35.5. The lowest BCUT2D eigenvalue weighted by molar-refractivity contribution is 0.0696. The summed E-state index contributed by atoms with van der Waals surface area (Å²) in [7, 11) is 0. The Morgan fingerprint density at radius 3 is 1.59 bits per heavy atom. The number of aryl methyl sites for hydroxylation is 2. The van der Waals surface area contributed by atoms with Gasteiger partial charge in [0.25, 0.3) is 5.91 Å². The first-order chi connectivity index (χ1) is 19.3. The van der Waals surface area contributed by atoms with E-state index in [0.717, 1.165) is 5.56 Å². The Kier molecular flexibility index (Phi) is 13.5. The number of halogens is 4. The number of nitrogens with zero attached hydrogens (tertiary/aromatic N) is 2. The maximum atomic E-state index is 12.2. The fourth-order valence-corrected chi connectivity index (χ4v) is 3.93. The molecule has 0 bridgehead atoms. The Balaban J connectivity index is 0.000000236. The Hall–Kier alpha value is -3.20. The average Bonchev–Trinajstić information content (AvgIpc) is 2.92. The van der Waals surface area contributed by atoms with Crippen LogP contribution in [-0.2, 0) is 0 Å². The van der Waals surface area contributed by atoms with Crippen molar-refractivity contribution in [3.63, 3.8) is 0 Å². The number of carbonyl (C=O) groups is 2. The van der Waals surface area contributed by atoms with E-state index in [2.05, 4.69) is 46.5 Å². The van der Waals surface area contributed by atoms with E-state index in [9.17, 15) is 9.59 Å². The number of hydrogen-bond donors (Lipinski definition) is 3. The zero-order chi connectivity index (χ0) is 30.7. The highest BCUT2D eigenvalue weighted by Gasteiger charge is 2.15. The second-order valence-electron chi connectivity index (χ2n) is 9.09. The Labute approximate surface area is 259 Å². The van der Waals surface area contributed by atoms with E-state index in [4.69, 9.17) is 57.2 Å². The summed E-state index contributed by atoms with van der Waals surface area (Å²) in [6, 6.07) is 19.1. The predicted molar refractivity (Wildman–Crippen MR) is 166 cm³/mol. The number of pyridine rings is 2. The van der Waals surface area contributed by atoms with Crippen molar-refractivity contribution in [3.05, 3.63) is 127 Å². The molecule has 2 atom stereocenters. The van der Waals surface area contributed by atoms with Gasteiger partial charge in [0.2, 0.25) is 0 Å². The molecule has 4 rings (SSSR count). The van der Waals surface area contributed by atoms with Crippen LogP contribution in [0.15, 0.2) is 73.1 Å². The molecule has 2 aromatic heterocycles. The molecule has 7 nitrogen and oxygen atoms in total. The molecule has 216 valence electrons. The third kappa shape index (κ3) is 11.3. The van der Waals surface area contributed by atoms with E-state index < -0.39 is 5.97 Å². The fraction of sp³-hybridized carbons (Fsp3) is 0.200. The molecular formula is C30H30Cl4N4O3. The van der Waals surface area contributed by atoms with Crippen LogP contribution in [0.5, 0.6) is 0 Å². The summed E-state index contributed by atoms with van der Waals surface area (Å²) in [5.41, 5.74) is 10.5. The molecule has 4 aromatic rings. The van der Waals surface area contributed by atoms with Crippen molar-refractivity contribution in [2.24, 2.45) is 5.73 Å². The number of carboxylic acids is 1. The number of aromatic nitrogens is 2. The third-order valence-corrected chi connectivity index (χ3v) is 6.63. The molecule has 0 spiro atoms. The van der Waals surface area contributed by atoms with E-state index in [1.165, 1.54) is 41.2 Å². The van der Waals surface area contributed by atoms with Crippen molar-refractivity contribution in [2.45, 2.75) is 39.8 Å². The lowest BCUT2D eigenvalue weighted by Gasteiger charge is -2.15. The SMILES string of the molecule is Cc1ccc([C@H](C)N)cc1.Cc1ccc([C@H](C)NC(=O)c2cc(Cl)cnc2Cl)cc1.O=C(O)c1cc(Cl)cnc1Cl. The summed E-state index contributed by atoms with van der Waals surface area (Å²) in [5, 5.41) is 12.1. The number of aromatic carboxylic acids is 1. The van der Waals surface area contributed by atoms with Crippen LogP contribution in [0, 0.1) is 13.8 Å². The van der Waals surface area contributed by atoms with Crippen LogP contribution in [0.4, 0.5) is 0 Å². The number of benzene rings is 2. The first-order valence-corrected chi connectivity index (χ1v) is 13.8. The van der Waals surface area contributed by atoms with Gasteiger partial charge in [0, 0.05) is 18.4 Å². The van der Waals surface area contributed by atoms with Crippen LogP contribution in [0.2, 0.25) is 20.4 Å². The Morgan fingerprint density at radius 1 is 0.756 bits per heavy atom. The van der Waals surface area contributed by atoms with Crippen LogP contribution in [-0.4, -0.2) is 27.0 Å². The average molecular weight is 636 g/mol. The number of hydrogen-bond acceptors (Lipinski definition) is 5. The van der Waals surface area contributed by atoms with Crippen LogP contribution in [0.3, 0.4) is 0 Å². The lowest BCUT2D eigenvalue weighted by Crippen LogP contribution is -2.27. The molecule has 41 heavy (non-hydrogen) atoms. The van der Waals surface area contributed by atoms with E-state index in [1.807, 2.05) is 45.0 Å². The number of carboxylic acid groups (broad SMARTS) is 1. The van der Waals surface area contributed by atoms with Crippen molar-refractivity contribution in [1.29, 1.82) is 0 Å². The van der Waals surface area contributed by atoms with Gasteiger partial charge in [-0.05, 0) is 51.0 Å². The fourth-order valence-electron chi connectivity index (χ4n) is 3.24. The van der Waals surface area contributed by atoms with Crippen molar-refractivity contribution >= 4 is 58.3 Å². The van der Waals surface area contributed by atoms with Gasteiger partial charge in [-0.25, -0.2) is 14.8 Å². The van der Waals surface area contributed by atoms with Crippen LogP contribution in [0.25, 0.3) is 0 Å². The molecule has 0 aliphatic carbocycles. The molecule has 2 heterocycles. The predicted octanol–water partition coefficient (Wildman–Crippen LogP) is 8.29. The minimum absolute atomic E-state index is 0.0538. The maximum Gasteiger partial charge on any atom is 0.338 e. The minimum Gasteiger partial charge on any atom is -0.478 e. The molecule has 1 amide bonds. The third-order valence-electron chi connectivity index (χ3n) is 5.61. The summed E-state index contributed by atoms with van der Waals surface area (Å²) in [6.45, 7) is 7.99. The van der Waals surface area contributed by atoms with Gasteiger partial charge in [-0.3, -0.25) is 4.79 Å².